The van der Waals surface area contributed by atoms with Gasteiger partial charge in [0.05, 0.1) is 23.1 Å². The van der Waals surface area contributed by atoms with Crippen molar-refractivity contribution in [3.05, 3.63) is 40.7 Å². The molecule has 170 valence electrons. The van der Waals surface area contributed by atoms with Gasteiger partial charge in [-0.1, -0.05) is 12.1 Å². The van der Waals surface area contributed by atoms with Crippen molar-refractivity contribution in [2.45, 2.75) is 30.6 Å². The maximum absolute atomic E-state index is 13.6. The fourth-order valence-electron chi connectivity index (χ4n) is 5.73. The van der Waals surface area contributed by atoms with E-state index in [1.807, 2.05) is 0 Å². The fourth-order valence-corrected chi connectivity index (χ4v) is 5.73. The molecule has 6 atom stereocenters. The van der Waals surface area contributed by atoms with Gasteiger partial charge in [0.15, 0.2) is 23.0 Å². The van der Waals surface area contributed by atoms with Crippen molar-refractivity contribution in [2.75, 3.05) is 14.1 Å². The Kier molecular flexibility index (Phi) is 4.64. The number of nitrogens with two attached hydrogens (primary N) is 1. The number of ketones is 3. The number of amides is 1. The van der Waals surface area contributed by atoms with Crippen LogP contribution in [0.3, 0.4) is 0 Å². The predicted molar refractivity (Wildman–Crippen MR) is 108 cm³/mol. The summed E-state index contributed by atoms with van der Waals surface area (Å²) in [6, 6.07) is 2.94. The lowest BCUT2D eigenvalue weighted by Crippen LogP contribution is -2.69. The van der Waals surface area contributed by atoms with Crippen molar-refractivity contribution >= 4 is 23.3 Å². The van der Waals surface area contributed by atoms with E-state index in [0.29, 0.717) is 0 Å². The minimum atomic E-state index is -2.75. The number of benzene rings is 1. The van der Waals surface area contributed by atoms with Crippen molar-refractivity contribution in [3.8, 4) is 5.75 Å². The van der Waals surface area contributed by atoms with Crippen LogP contribution < -0.4 is 5.73 Å². The molecule has 0 heterocycles. The number of aliphatic hydroxyl groups excluding tert-OH is 1. The number of hydrogen-bond donors (Lipinski definition) is 5. The van der Waals surface area contributed by atoms with Crippen molar-refractivity contribution in [3.63, 3.8) is 0 Å². The van der Waals surface area contributed by atoms with Crippen molar-refractivity contribution in [1.82, 2.24) is 4.90 Å². The highest BCUT2D eigenvalue weighted by Gasteiger charge is 2.68. The van der Waals surface area contributed by atoms with Gasteiger partial charge in [0.25, 0.3) is 5.91 Å². The fraction of sp³-hybridized carbons (Fsp3) is 0.455. The molecule has 4 rings (SSSR count). The van der Waals surface area contributed by atoms with Crippen LogP contribution in [0.2, 0.25) is 0 Å². The molecule has 32 heavy (non-hydrogen) atoms. The van der Waals surface area contributed by atoms with Crippen LogP contribution in [-0.2, 0) is 20.0 Å². The van der Waals surface area contributed by atoms with Crippen LogP contribution in [0.1, 0.15) is 29.3 Å². The summed E-state index contributed by atoms with van der Waals surface area (Å²) in [5.74, 6) is -9.72. The number of rotatable bonds is 2. The third-order valence-corrected chi connectivity index (χ3v) is 7.24. The Balaban J connectivity index is 1.99. The largest absolute Gasteiger partial charge is 0.508 e. The number of hydrogen-bond acceptors (Lipinski definition) is 9. The number of primary amides is 1. The molecule has 10 nitrogen and oxygen atoms in total. The summed E-state index contributed by atoms with van der Waals surface area (Å²) in [5.41, 5.74) is -0.270. The second-order valence-electron chi connectivity index (χ2n) is 9.13. The Hall–Kier alpha value is -3.08. The van der Waals surface area contributed by atoms with E-state index in [2.05, 4.69) is 0 Å². The smallest absolute Gasteiger partial charge is 0.255 e. The minimum Gasteiger partial charge on any atom is -0.508 e. The summed E-state index contributed by atoms with van der Waals surface area (Å²) in [6.45, 7) is 1.40. The third-order valence-electron chi connectivity index (χ3n) is 7.24. The van der Waals surface area contributed by atoms with E-state index in [-0.39, 0.29) is 17.5 Å². The van der Waals surface area contributed by atoms with Gasteiger partial charge in [-0.05, 0) is 39.1 Å². The molecule has 1 aromatic rings. The van der Waals surface area contributed by atoms with Gasteiger partial charge in [0.2, 0.25) is 0 Å². The molecule has 0 aromatic heterocycles. The van der Waals surface area contributed by atoms with Crippen molar-refractivity contribution in [1.29, 1.82) is 0 Å². The van der Waals surface area contributed by atoms with Gasteiger partial charge < -0.3 is 26.2 Å². The van der Waals surface area contributed by atoms with Gasteiger partial charge in [-0.15, -0.1) is 0 Å². The van der Waals surface area contributed by atoms with Crippen molar-refractivity contribution in [2.24, 2.45) is 23.5 Å². The van der Waals surface area contributed by atoms with Crippen LogP contribution in [0.5, 0.6) is 5.75 Å². The zero-order valence-corrected chi connectivity index (χ0v) is 17.7. The van der Waals surface area contributed by atoms with E-state index in [9.17, 15) is 39.6 Å². The van der Waals surface area contributed by atoms with Gasteiger partial charge in [-0.25, -0.2) is 0 Å². The molecule has 3 aliphatic carbocycles. The zero-order chi connectivity index (χ0) is 23.9. The lowest BCUT2D eigenvalue weighted by Gasteiger charge is -2.54. The summed E-state index contributed by atoms with van der Waals surface area (Å²) >= 11 is 0. The van der Waals surface area contributed by atoms with Crippen LogP contribution in [0, 0.1) is 17.8 Å². The van der Waals surface area contributed by atoms with Gasteiger partial charge in [0.1, 0.15) is 17.1 Å². The number of nitrogens with zero attached hydrogens (tertiary/aromatic N) is 1. The van der Waals surface area contributed by atoms with Gasteiger partial charge in [0, 0.05) is 11.8 Å². The number of aliphatic hydroxyl groups is 3. The lowest BCUT2D eigenvalue weighted by molar-refractivity contribution is -0.174. The summed E-state index contributed by atoms with van der Waals surface area (Å²) in [4.78, 5) is 53.3. The number of carbonyl (C=O) groups excluding carboxylic acids is 4. The number of phenols is 1. The number of Topliss-reactive ketones (excluding diaryl/α,β-unsaturated/α-hetero) is 3. The van der Waals surface area contributed by atoms with E-state index in [1.54, 1.807) is 0 Å². The highest BCUT2D eigenvalue weighted by atomic mass is 16.3. The predicted octanol–water partition coefficient (Wildman–Crippen LogP) is -0.841. The number of carbonyl (C=O) groups is 4. The molecule has 3 aliphatic rings. The molecule has 10 heteroatoms. The molecule has 0 saturated heterocycles. The normalized spacial score (nSPS) is 36.6. The summed E-state index contributed by atoms with van der Waals surface area (Å²) in [7, 11) is 3.00. The SMILES string of the molecule is CN(C)[C@@H]1C(=O)C(C(N)=O)=C(O)[C@@]2(O)C(=O)C3C(=O)c4c(O)cccc4[C@@](C)(O)[C@H]3C[C@@H]12. The Morgan fingerprint density at radius 2 is 1.72 bits per heavy atom. The van der Waals surface area contributed by atoms with Crippen LogP contribution in [0.15, 0.2) is 29.5 Å². The molecular weight excluding hydrogens is 420 g/mol. The zero-order valence-electron chi connectivity index (χ0n) is 17.7. The Bertz CT molecular complexity index is 1120. The van der Waals surface area contributed by atoms with E-state index < -0.39 is 75.3 Å². The Morgan fingerprint density at radius 3 is 2.28 bits per heavy atom. The summed E-state index contributed by atoms with van der Waals surface area (Å²) < 4.78 is 0. The number of phenolic OH excluding ortho intramolecular Hbond substituents is 1. The quantitative estimate of drug-likeness (QED) is 0.287. The van der Waals surface area contributed by atoms with E-state index in [1.165, 1.54) is 44.1 Å². The molecule has 0 radical (unpaired) electrons. The topological polar surface area (TPSA) is 178 Å². The average molecular weight is 444 g/mol. The van der Waals surface area contributed by atoms with Crippen LogP contribution in [-0.4, -0.2) is 74.3 Å². The molecule has 0 spiro atoms. The minimum absolute atomic E-state index is 0.128. The second kappa shape index (κ2) is 6.71. The van der Waals surface area contributed by atoms with Gasteiger partial charge in [-0.3, -0.25) is 24.1 Å². The van der Waals surface area contributed by atoms with E-state index in [4.69, 9.17) is 5.73 Å². The van der Waals surface area contributed by atoms with Gasteiger partial charge in [-0.2, -0.15) is 0 Å². The molecule has 6 N–H and O–H groups in total. The highest BCUT2D eigenvalue weighted by molar-refractivity contribution is 6.25. The first-order valence-electron chi connectivity index (χ1n) is 10.1. The average Bonchev–Trinajstić information content (AvgIpc) is 2.68. The number of aromatic hydroxyl groups is 1. The van der Waals surface area contributed by atoms with Crippen LogP contribution >= 0.6 is 0 Å². The molecular formula is C22H24N2O8. The molecule has 1 saturated carbocycles. The maximum atomic E-state index is 13.6. The summed E-state index contributed by atoms with van der Waals surface area (Å²) in [6.07, 6.45) is -0.203. The van der Waals surface area contributed by atoms with Gasteiger partial charge >= 0.3 is 0 Å². The maximum Gasteiger partial charge on any atom is 0.255 e. The molecule has 0 bridgehead atoms. The highest BCUT2D eigenvalue weighted by Crippen LogP contribution is 2.56. The van der Waals surface area contributed by atoms with Crippen LogP contribution in [0.25, 0.3) is 0 Å². The third kappa shape index (κ3) is 2.51. The molecule has 1 aromatic carbocycles. The molecule has 1 amide bonds. The Labute approximate surface area is 182 Å². The first-order valence-corrected chi connectivity index (χ1v) is 10.1. The van der Waals surface area contributed by atoms with Crippen LogP contribution in [0.4, 0.5) is 0 Å². The standard InChI is InChI=1S/C22H24N2O8/c1-21(31)8-5-4-6-11(25)12(8)16(26)13-9(21)7-10-15(24(2)3)17(27)14(20(23)30)19(29)22(10,32)18(13)28/h4-6,9-10,13,15,25,29,31-32H,7H2,1-3H3,(H2,23,30)/t9-,10-,13?,15-,21+,22-/m0/s1. The monoisotopic (exact) mass is 444 g/mol. The van der Waals surface area contributed by atoms with E-state index in [0.717, 1.165) is 0 Å². The first-order chi connectivity index (χ1) is 14.8. The number of likely N-dealkylation sites (N-methyl/N-ethyl adjacent to an activating group) is 1. The molecule has 1 fully saturated rings. The Morgan fingerprint density at radius 1 is 1.09 bits per heavy atom. The summed E-state index contributed by atoms with van der Waals surface area (Å²) in [5, 5.41) is 43.9. The first kappa shape index (κ1) is 22.1. The second-order valence-corrected chi connectivity index (χ2v) is 9.13. The molecule has 1 unspecified atom stereocenters. The lowest BCUT2D eigenvalue weighted by atomic mass is 9.51. The molecule has 0 aliphatic heterocycles. The number of fused-ring (bicyclic) bond motifs is 3. The van der Waals surface area contributed by atoms with E-state index >= 15 is 0 Å². The van der Waals surface area contributed by atoms with Crippen molar-refractivity contribution < 1.29 is 39.6 Å².